The van der Waals surface area contributed by atoms with Crippen molar-refractivity contribution in [2.75, 3.05) is 46.4 Å². The van der Waals surface area contributed by atoms with E-state index in [1.54, 1.807) is 0 Å². The molecule has 122 valence electrons. The maximum absolute atomic E-state index is 12.3. The van der Waals surface area contributed by atoms with Crippen molar-refractivity contribution in [1.29, 1.82) is 0 Å². The van der Waals surface area contributed by atoms with Crippen LogP contribution in [0, 0.1) is 0 Å². The number of carbonyl (C=O) groups is 1. The van der Waals surface area contributed by atoms with E-state index in [0.29, 0.717) is 6.54 Å². The van der Waals surface area contributed by atoms with Gasteiger partial charge in [-0.1, -0.05) is 12.8 Å². The Balaban J connectivity index is 1.77. The van der Waals surface area contributed by atoms with Gasteiger partial charge in [0.05, 0.1) is 18.7 Å². The first-order valence-corrected chi connectivity index (χ1v) is 8.51. The number of amides is 1. The Hall–Kier alpha value is -0.650. The topological polar surface area (TPSA) is 44.8 Å². The molecule has 1 amide bonds. The van der Waals surface area contributed by atoms with Gasteiger partial charge in [-0.15, -0.1) is 0 Å². The van der Waals surface area contributed by atoms with Gasteiger partial charge in [0.25, 0.3) is 0 Å². The summed E-state index contributed by atoms with van der Waals surface area (Å²) in [7, 11) is 2.15. The van der Waals surface area contributed by atoms with E-state index in [1.165, 1.54) is 12.8 Å². The van der Waals surface area contributed by atoms with Gasteiger partial charge in [0.15, 0.2) is 0 Å². The first kappa shape index (κ1) is 16.7. The molecule has 1 heterocycles. The van der Waals surface area contributed by atoms with Crippen molar-refractivity contribution in [3.05, 3.63) is 0 Å². The fourth-order valence-corrected chi connectivity index (χ4v) is 3.39. The number of nitrogens with zero attached hydrogens (tertiary/aromatic N) is 2. The monoisotopic (exact) mass is 297 g/mol. The number of carbonyl (C=O) groups excluding carboxylic acids is 1. The average Bonchev–Trinajstić information content (AvgIpc) is 2.66. The van der Waals surface area contributed by atoms with Gasteiger partial charge >= 0.3 is 0 Å². The Morgan fingerprint density at radius 3 is 2.76 bits per heavy atom. The highest BCUT2D eigenvalue weighted by molar-refractivity contribution is 5.78. The summed E-state index contributed by atoms with van der Waals surface area (Å²) >= 11 is 0. The molecule has 2 atom stereocenters. The number of rotatable bonds is 5. The van der Waals surface area contributed by atoms with Gasteiger partial charge in [0, 0.05) is 19.7 Å². The summed E-state index contributed by atoms with van der Waals surface area (Å²) in [4.78, 5) is 16.9. The fraction of sp³-hybridized carbons (Fsp3) is 0.938. The number of hydrogen-bond acceptors (Lipinski definition) is 4. The van der Waals surface area contributed by atoms with Crippen molar-refractivity contribution in [2.24, 2.45) is 0 Å². The van der Waals surface area contributed by atoms with Gasteiger partial charge < -0.3 is 15.0 Å². The highest BCUT2D eigenvalue weighted by Crippen LogP contribution is 2.21. The van der Waals surface area contributed by atoms with E-state index < -0.39 is 0 Å². The predicted octanol–water partition coefficient (Wildman–Crippen LogP) is 1.09. The summed E-state index contributed by atoms with van der Waals surface area (Å²) in [6.07, 6.45) is 5.91. The van der Waals surface area contributed by atoms with E-state index in [2.05, 4.69) is 22.2 Å². The van der Waals surface area contributed by atoms with Gasteiger partial charge in [-0.3, -0.25) is 9.69 Å². The van der Waals surface area contributed by atoms with Crippen molar-refractivity contribution in [3.63, 3.8) is 0 Å². The van der Waals surface area contributed by atoms with Crippen molar-refractivity contribution >= 4 is 5.91 Å². The van der Waals surface area contributed by atoms with Gasteiger partial charge in [0.2, 0.25) is 5.91 Å². The standard InChI is InChI=1S/C16H31N3O2/c1-3-21-15-8-5-4-7-14(15)17-16(20)13-19-10-6-9-18(2)11-12-19/h14-15H,3-13H2,1-2H3,(H,17,20)/t14?,15-/m0/s1. The Kier molecular flexibility index (Phi) is 6.93. The molecular formula is C16H31N3O2. The lowest BCUT2D eigenvalue weighted by molar-refractivity contribution is -0.124. The van der Waals surface area contributed by atoms with E-state index >= 15 is 0 Å². The maximum atomic E-state index is 12.3. The molecule has 1 saturated carbocycles. The van der Waals surface area contributed by atoms with Crippen LogP contribution in [0.2, 0.25) is 0 Å². The minimum atomic E-state index is 0.163. The number of nitrogens with one attached hydrogen (secondary N) is 1. The highest BCUT2D eigenvalue weighted by Gasteiger charge is 2.27. The van der Waals surface area contributed by atoms with Crippen LogP contribution in [0.4, 0.5) is 0 Å². The molecule has 2 rings (SSSR count). The molecule has 1 aliphatic heterocycles. The summed E-state index contributed by atoms with van der Waals surface area (Å²) in [5.41, 5.74) is 0. The van der Waals surface area contributed by atoms with Crippen molar-refractivity contribution in [2.45, 2.75) is 51.2 Å². The molecule has 21 heavy (non-hydrogen) atoms. The minimum absolute atomic E-state index is 0.163. The summed E-state index contributed by atoms with van der Waals surface area (Å²) in [6.45, 7) is 7.49. The van der Waals surface area contributed by atoms with Crippen LogP contribution in [0.25, 0.3) is 0 Å². The number of hydrogen-bond donors (Lipinski definition) is 1. The molecule has 5 nitrogen and oxygen atoms in total. The zero-order valence-electron chi connectivity index (χ0n) is 13.6. The SMILES string of the molecule is CCO[C@H]1CCCCC1NC(=O)CN1CCCN(C)CC1. The van der Waals surface area contributed by atoms with Crippen LogP contribution in [0.5, 0.6) is 0 Å². The molecule has 1 aliphatic carbocycles. The Morgan fingerprint density at radius 1 is 1.14 bits per heavy atom. The third-order valence-corrected chi connectivity index (χ3v) is 4.61. The second-order valence-electron chi connectivity index (χ2n) is 6.39. The van der Waals surface area contributed by atoms with Crippen molar-refractivity contribution < 1.29 is 9.53 Å². The normalized spacial score (nSPS) is 29.0. The molecule has 1 unspecified atom stereocenters. The minimum Gasteiger partial charge on any atom is -0.376 e. The van der Waals surface area contributed by atoms with Gasteiger partial charge in [-0.05, 0) is 46.3 Å². The van der Waals surface area contributed by atoms with Crippen LogP contribution in [0.1, 0.15) is 39.0 Å². The molecule has 0 aromatic carbocycles. The lowest BCUT2D eigenvalue weighted by Gasteiger charge is -2.32. The molecule has 5 heteroatoms. The molecule has 2 aliphatic rings. The Bertz CT molecular complexity index is 323. The number of ether oxygens (including phenoxy) is 1. The van der Waals surface area contributed by atoms with Crippen LogP contribution < -0.4 is 5.32 Å². The predicted molar refractivity (Wildman–Crippen MR) is 84.4 cm³/mol. The Morgan fingerprint density at radius 2 is 1.95 bits per heavy atom. The average molecular weight is 297 g/mol. The van der Waals surface area contributed by atoms with E-state index in [-0.39, 0.29) is 18.1 Å². The fourth-order valence-electron chi connectivity index (χ4n) is 3.39. The van der Waals surface area contributed by atoms with Gasteiger partial charge in [-0.25, -0.2) is 0 Å². The van der Waals surface area contributed by atoms with Crippen LogP contribution in [-0.2, 0) is 9.53 Å². The second-order valence-corrected chi connectivity index (χ2v) is 6.39. The molecule has 1 N–H and O–H groups in total. The highest BCUT2D eigenvalue weighted by atomic mass is 16.5. The first-order chi connectivity index (χ1) is 10.2. The first-order valence-electron chi connectivity index (χ1n) is 8.51. The van der Waals surface area contributed by atoms with Gasteiger partial charge in [0.1, 0.15) is 0 Å². The van der Waals surface area contributed by atoms with Gasteiger partial charge in [-0.2, -0.15) is 0 Å². The smallest absolute Gasteiger partial charge is 0.234 e. The third-order valence-electron chi connectivity index (χ3n) is 4.61. The molecule has 0 aromatic rings. The maximum Gasteiger partial charge on any atom is 0.234 e. The summed E-state index contributed by atoms with van der Waals surface area (Å²) in [5, 5.41) is 3.21. The quantitative estimate of drug-likeness (QED) is 0.825. The zero-order valence-corrected chi connectivity index (χ0v) is 13.6. The van der Waals surface area contributed by atoms with E-state index in [0.717, 1.165) is 52.0 Å². The molecule has 1 saturated heterocycles. The Labute approximate surface area is 129 Å². The molecule has 2 fully saturated rings. The number of likely N-dealkylation sites (N-methyl/N-ethyl adjacent to an activating group) is 1. The van der Waals surface area contributed by atoms with E-state index in [1.807, 2.05) is 6.92 Å². The van der Waals surface area contributed by atoms with Crippen LogP contribution in [0.3, 0.4) is 0 Å². The second kappa shape index (κ2) is 8.71. The zero-order chi connectivity index (χ0) is 15.1. The molecular weight excluding hydrogens is 266 g/mol. The largest absolute Gasteiger partial charge is 0.376 e. The summed E-state index contributed by atoms with van der Waals surface area (Å²) in [5.74, 6) is 0.163. The summed E-state index contributed by atoms with van der Waals surface area (Å²) in [6, 6.07) is 0.209. The van der Waals surface area contributed by atoms with Crippen LogP contribution in [0.15, 0.2) is 0 Å². The van der Waals surface area contributed by atoms with Crippen LogP contribution >= 0.6 is 0 Å². The molecule has 0 aromatic heterocycles. The molecule has 0 bridgehead atoms. The summed E-state index contributed by atoms with van der Waals surface area (Å²) < 4.78 is 5.79. The van der Waals surface area contributed by atoms with Crippen LogP contribution in [-0.4, -0.2) is 74.2 Å². The lowest BCUT2D eigenvalue weighted by atomic mass is 9.92. The van der Waals surface area contributed by atoms with Crippen molar-refractivity contribution in [3.8, 4) is 0 Å². The molecule has 0 radical (unpaired) electrons. The van der Waals surface area contributed by atoms with Crippen molar-refractivity contribution in [1.82, 2.24) is 15.1 Å². The van der Waals surface area contributed by atoms with E-state index in [9.17, 15) is 4.79 Å². The molecule has 0 spiro atoms. The lowest BCUT2D eigenvalue weighted by Crippen LogP contribution is -2.49. The third kappa shape index (κ3) is 5.57. The van der Waals surface area contributed by atoms with E-state index in [4.69, 9.17) is 4.74 Å².